The van der Waals surface area contributed by atoms with E-state index >= 15 is 0 Å². The second-order valence-corrected chi connectivity index (χ2v) is 6.34. The molecule has 1 aliphatic heterocycles. The standard InChI is InChI=1S/C15H24N2OS/c1-12(14-8-7-11-19-14)16-13(2)15(18)17-9-5-3-4-6-10-17/h7-8,11-13,16H,3-6,9-10H2,1-2H3. The van der Waals surface area contributed by atoms with Crippen LogP contribution in [0.2, 0.25) is 0 Å². The summed E-state index contributed by atoms with van der Waals surface area (Å²) in [5.41, 5.74) is 0. The first-order valence-electron chi connectivity index (χ1n) is 7.26. The molecule has 1 aromatic rings. The lowest BCUT2D eigenvalue weighted by Crippen LogP contribution is -2.45. The Balaban J connectivity index is 1.87. The average Bonchev–Trinajstić information content (AvgIpc) is 2.81. The van der Waals surface area contributed by atoms with Gasteiger partial charge in [-0.3, -0.25) is 10.1 Å². The van der Waals surface area contributed by atoms with E-state index in [1.54, 1.807) is 11.3 Å². The molecule has 2 rings (SSSR count). The molecule has 1 aromatic heterocycles. The molecule has 2 heterocycles. The maximum Gasteiger partial charge on any atom is 0.239 e. The van der Waals surface area contributed by atoms with E-state index in [0.29, 0.717) is 0 Å². The molecule has 3 nitrogen and oxygen atoms in total. The molecule has 1 saturated heterocycles. The van der Waals surface area contributed by atoms with Crippen molar-refractivity contribution in [1.29, 1.82) is 0 Å². The van der Waals surface area contributed by atoms with Crippen LogP contribution < -0.4 is 5.32 Å². The van der Waals surface area contributed by atoms with Gasteiger partial charge < -0.3 is 4.90 Å². The van der Waals surface area contributed by atoms with Crippen molar-refractivity contribution in [3.63, 3.8) is 0 Å². The van der Waals surface area contributed by atoms with E-state index in [2.05, 4.69) is 29.8 Å². The highest BCUT2D eigenvalue weighted by Crippen LogP contribution is 2.19. The summed E-state index contributed by atoms with van der Waals surface area (Å²) >= 11 is 1.74. The van der Waals surface area contributed by atoms with Gasteiger partial charge in [0, 0.05) is 24.0 Å². The van der Waals surface area contributed by atoms with Gasteiger partial charge in [-0.05, 0) is 38.1 Å². The molecule has 0 aliphatic carbocycles. The summed E-state index contributed by atoms with van der Waals surface area (Å²) < 4.78 is 0. The smallest absolute Gasteiger partial charge is 0.239 e. The summed E-state index contributed by atoms with van der Waals surface area (Å²) in [7, 11) is 0. The van der Waals surface area contributed by atoms with Crippen LogP contribution in [-0.2, 0) is 4.79 Å². The van der Waals surface area contributed by atoms with Crippen molar-refractivity contribution in [1.82, 2.24) is 10.2 Å². The number of nitrogens with zero attached hydrogens (tertiary/aromatic N) is 1. The van der Waals surface area contributed by atoms with Crippen molar-refractivity contribution >= 4 is 17.2 Å². The van der Waals surface area contributed by atoms with Crippen LogP contribution in [0.15, 0.2) is 17.5 Å². The molecule has 2 unspecified atom stereocenters. The minimum absolute atomic E-state index is 0.102. The van der Waals surface area contributed by atoms with Gasteiger partial charge in [0.2, 0.25) is 5.91 Å². The zero-order valence-corrected chi connectivity index (χ0v) is 12.7. The highest BCUT2D eigenvalue weighted by molar-refractivity contribution is 7.10. The first-order chi connectivity index (χ1) is 9.18. The maximum absolute atomic E-state index is 12.4. The Morgan fingerprint density at radius 1 is 1.26 bits per heavy atom. The molecular formula is C15H24N2OS. The molecule has 106 valence electrons. The summed E-state index contributed by atoms with van der Waals surface area (Å²) in [6.07, 6.45) is 4.83. The Morgan fingerprint density at radius 2 is 1.95 bits per heavy atom. The zero-order chi connectivity index (χ0) is 13.7. The first kappa shape index (κ1) is 14.5. The fourth-order valence-electron chi connectivity index (χ4n) is 2.63. The van der Waals surface area contributed by atoms with Gasteiger partial charge in [-0.15, -0.1) is 11.3 Å². The van der Waals surface area contributed by atoms with Gasteiger partial charge in [-0.1, -0.05) is 18.9 Å². The van der Waals surface area contributed by atoms with Crippen LogP contribution in [0.25, 0.3) is 0 Å². The summed E-state index contributed by atoms with van der Waals surface area (Å²) in [5, 5.41) is 5.50. The number of thiophene rings is 1. The van der Waals surface area contributed by atoms with Crippen LogP contribution in [0.5, 0.6) is 0 Å². The molecule has 1 N–H and O–H groups in total. The molecule has 2 atom stereocenters. The second-order valence-electron chi connectivity index (χ2n) is 5.36. The Hall–Kier alpha value is -0.870. The summed E-state index contributed by atoms with van der Waals surface area (Å²) in [5.74, 6) is 0.255. The van der Waals surface area contributed by atoms with Gasteiger partial charge in [0.15, 0.2) is 0 Å². The molecule has 1 aliphatic rings. The van der Waals surface area contributed by atoms with E-state index in [1.807, 2.05) is 11.8 Å². The molecule has 1 fully saturated rings. The molecule has 0 radical (unpaired) electrons. The molecule has 0 saturated carbocycles. The third-order valence-electron chi connectivity index (χ3n) is 3.76. The number of hydrogen-bond acceptors (Lipinski definition) is 3. The molecule has 0 spiro atoms. The number of rotatable bonds is 4. The summed E-state index contributed by atoms with van der Waals surface area (Å²) in [6, 6.07) is 4.31. The van der Waals surface area contributed by atoms with Crippen LogP contribution >= 0.6 is 11.3 Å². The molecule has 19 heavy (non-hydrogen) atoms. The minimum atomic E-state index is -0.102. The van der Waals surface area contributed by atoms with Crippen molar-refractivity contribution in [2.75, 3.05) is 13.1 Å². The Kier molecular flexibility index (Phi) is 5.40. The normalized spacial score (nSPS) is 19.8. The highest BCUT2D eigenvalue weighted by Gasteiger charge is 2.22. The van der Waals surface area contributed by atoms with E-state index in [-0.39, 0.29) is 18.0 Å². The summed E-state index contributed by atoms with van der Waals surface area (Å²) in [6.45, 7) is 5.96. The predicted octanol–water partition coefficient (Wildman–Crippen LogP) is 3.19. The molecule has 0 bridgehead atoms. The van der Waals surface area contributed by atoms with E-state index in [9.17, 15) is 4.79 Å². The van der Waals surface area contributed by atoms with E-state index in [0.717, 1.165) is 25.9 Å². The van der Waals surface area contributed by atoms with Crippen LogP contribution in [0.1, 0.15) is 50.4 Å². The number of likely N-dealkylation sites (tertiary alicyclic amines) is 1. The largest absolute Gasteiger partial charge is 0.341 e. The fraction of sp³-hybridized carbons (Fsp3) is 0.667. The highest BCUT2D eigenvalue weighted by atomic mass is 32.1. The molecule has 4 heteroatoms. The Bertz CT molecular complexity index is 383. The van der Waals surface area contributed by atoms with Crippen LogP contribution in [0.3, 0.4) is 0 Å². The van der Waals surface area contributed by atoms with E-state index in [4.69, 9.17) is 0 Å². The third-order valence-corrected chi connectivity index (χ3v) is 4.81. The number of carbonyl (C=O) groups is 1. The van der Waals surface area contributed by atoms with Crippen LogP contribution in [0, 0.1) is 0 Å². The van der Waals surface area contributed by atoms with Crippen LogP contribution in [0.4, 0.5) is 0 Å². The van der Waals surface area contributed by atoms with E-state index in [1.165, 1.54) is 17.7 Å². The average molecular weight is 280 g/mol. The van der Waals surface area contributed by atoms with Crippen molar-refractivity contribution in [3.05, 3.63) is 22.4 Å². The molecule has 1 amide bonds. The Morgan fingerprint density at radius 3 is 2.53 bits per heavy atom. The molecule has 0 aromatic carbocycles. The summed E-state index contributed by atoms with van der Waals surface area (Å²) in [4.78, 5) is 15.7. The van der Waals surface area contributed by atoms with Gasteiger partial charge in [-0.25, -0.2) is 0 Å². The van der Waals surface area contributed by atoms with Crippen molar-refractivity contribution in [2.45, 2.75) is 51.6 Å². The molecular weight excluding hydrogens is 256 g/mol. The van der Waals surface area contributed by atoms with Gasteiger partial charge in [-0.2, -0.15) is 0 Å². The fourth-order valence-corrected chi connectivity index (χ4v) is 3.37. The first-order valence-corrected chi connectivity index (χ1v) is 8.14. The van der Waals surface area contributed by atoms with Crippen LogP contribution in [-0.4, -0.2) is 29.9 Å². The third kappa shape index (κ3) is 4.05. The van der Waals surface area contributed by atoms with E-state index < -0.39 is 0 Å². The van der Waals surface area contributed by atoms with Gasteiger partial charge >= 0.3 is 0 Å². The Labute approximate surface area is 120 Å². The quantitative estimate of drug-likeness (QED) is 0.918. The lowest BCUT2D eigenvalue weighted by molar-refractivity contribution is -0.133. The van der Waals surface area contributed by atoms with Crippen molar-refractivity contribution in [2.24, 2.45) is 0 Å². The second kappa shape index (κ2) is 7.06. The van der Waals surface area contributed by atoms with Gasteiger partial charge in [0.05, 0.1) is 6.04 Å². The maximum atomic E-state index is 12.4. The number of carbonyl (C=O) groups excluding carboxylic acids is 1. The van der Waals surface area contributed by atoms with Gasteiger partial charge in [0.1, 0.15) is 0 Å². The zero-order valence-electron chi connectivity index (χ0n) is 11.9. The lowest BCUT2D eigenvalue weighted by atomic mass is 10.2. The lowest BCUT2D eigenvalue weighted by Gasteiger charge is -2.26. The minimum Gasteiger partial charge on any atom is -0.341 e. The number of amides is 1. The predicted molar refractivity (Wildman–Crippen MR) is 80.4 cm³/mol. The van der Waals surface area contributed by atoms with Crippen molar-refractivity contribution < 1.29 is 4.79 Å². The number of nitrogens with one attached hydrogen (secondary N) is 1. The monoisotopic (exact) mass is 280 g/mol. The van der Waals surface area contributed by atoms with Gasteiger partial charge in [0.25, 0.3) is 0 Å². The number of hydrogen-bond donors (Lipinski definition) is 1. The topological polar surface area (TPSA) is 32.3 Å². The van der Waals surface area contributed by atoms with Crippen molar-refractivity contribution in [3.8, 4) is 0 Å². The SMILES string of the molecule is CC(NC(C)c1cccs1)C(=O)N1CCCCCC1.